The summed E-state index contributed by atoms with van der Waals surface area (Å²) in [5, 5.41) is 9.77. The summed E-state index contributed by atoms with van der Waals surface area (Å²) < 4.78 is 0.976. The molecule has 4 nitrogen and oxygen atoms in total. The number of benzene rings is 1. The summed E-state index contributed by atoms with van der Waals surface area (Å²) in [7, 11) is 0. The molecule has 0 spiro atoms. The third kappa shape index (κ3) is 4.86. The number of carbonyl (C=O) groups excluding carboxylic acids is 1. The lowest BCUT2D eigenvalue weighted by Crippen LogP contribution is -2.22. The number of nitrogens with one attached hydrogen (secondary N) is 2. The van der Waals surface area contributed by atoms with E-state index in [0.717, 1.165) is 28.6 Å². The molecule has 1 aromatic carbocycles. The first kappa shape index (κ1) is 15.5. The zero-order chi connectivity index (χ0) is 15.1. The normalized spacial score (nSPS) is 11.0. The number of nitrogens with zero attached hydrogens (tertiary/aromatic N) is 1. The van der Waals surface area contributed by atoms with Gasteiger partial charge in [0, 0.05) is 22.8 Å². The summed E-state index contributed by atoms with van der Waals surface area (Å²) in [6, 6.07) is 7.79. The first-order valence-electron chi connectivity index (χ1n) is 6.86. The third-order valence-electron chi connectivity index (χ3n) is 3.18. The minimum absolute atomic E-state index is 0.0744. The first-order valence-corrected chi connectivity index (χ1v) is 7.65. The van der Waals surface area contributed by atoms with Crippen LogP contribution < -0.4 is 5.32 Å². The second-order valence-electron chi connectivity index (χ2n) is 4.77. The van der Waals surface area contributed by atoms with Crippen molar-refractivity contribution in [2.45, 2.75) is 19.8 Å². The highest BCUT2D eigenvalue weighted by Gasteiger charge is 2.01. The van der Waals surface area contributed by atoms with Gasteiger partial charge in [-0.3, -0.25) is 9.89 Å². The smallest absolute Gasteiger partial charge is 0.243 e. The second-order valence-corrected chi connectivity index (χ2v) is 5.62. The zero-order valence-electron chi connectivity index (χ0n) is 11.9. The van der Waals surface area contributed by atoms with Crippen LogP contribution in [0, 0.1) is 6.92 Å². The molecule has 2 aromatic rings. The minimum atomic E-state index is -0.0744. The number of rotatable bonds is 6. The number of halogens is 1. The highest BCUT2D eigenvalue weighted by Crippen LogP contribution is 2.16. The molecular formula is C16H18BrN3O. The largest absolute Gasteiger partial charge is 0.353 e. The summed E-state index contributed by atoms with van der Waals surface area (Å²) in [5.74, 6) is -0.0744. The molecule has 0 radical (unpaired) electrons. The SMILES string of the molecule is Cc1[nH]ncc1CCCNC(=O)C=Cc1ccccc1Br. The van der Waals surface area contributed by atoms with E-state index in [9.17, 15) is 4.79 Å². The zero-order valence-corrected chi connectivity index (χ0v) is 13.5. The number of carbonyl (C=O) groups is 1. The average molecular weight is 348 g/mol. The Morgan fingerprint density at radius 2 is 2.24 bits per heavy atom. The molecule has 0 aliphatic heterocycles. The summed E-state index contributed by atoms with van der Waals surface area (Å²) in [6.07, 6.45) is 7.01. The Balaban J connectivity index is 1.73. The highest BCUT2D eigenvalue weighted by atomic mass is 79.9. The van der Waals surface area contributed by atoms with Crippen molar-refractivity contribution < 1.29 is 4.79 Å². The van der Waals surface area contributed by atoms with Gasteiger partial charge in [-0.1, -0.05) is 34.1 Å². The Kier molecular flexibility index (Phi) is 5.75. The topological polar surface area (TPSA) is 57.8 Å². The van der Waals surface area contributed by atoms with E-state index in [4.69, 9.17) is 0 Å². The first-order chi connectivity index (χ1) is 10.2. The van der Waals surface area contributed by atoms with E-state index in [0.29, 0.717) is 6.54 Å². The predicted octanol–water partition coefficient (Wildman–Crippen LogP) is 3.24. The minimum Gasteiger partial charge on any atom is -0.353 e. The molecule has 2 rings (SSSR count). The van der Waals surface area contributed by atoms with Gasteiger partial charge in [0.25, 0.3) is 0 Å². The quantitative estimate of drug-likeness (QED) is 0.622. The van der Waals surface area contributed by atoms with Gasteiger partial charge in [0.15, 0.2) is 0 Å². The Bertz CT molecular complexity index is 634. The van der Waals surface area contributed by atoms with Crippen LogP contribution >= 0.6 is 15.9 Å². The fourth-order valence-corrected chi connectivity index (χ4v) is 2.37. The van der Waals surface area contributed by atoms with Crippen LogP contribution in [-0.2, 0) is 11.2 Å². The van der Waals surface area contributed by atoms with Gasteiger partial charge in [0.2, 0.25) is 5.91 Å². The summed E-state index contributed by atoms with van der Waals surface area (Å²) in [4.78, 5) is 11.7. The van der Waals surface area contributed by atoms with E-state index in [2.05, 4.69) is 31.4 Å². The number of aromatic amines is 1. The van der Waals surface area contributed by atoms with Gasteiger partial charge < -0.3 is 5.32 Å². The van der Waals surface area contributed by atoms with Gasteiger partial charge in [-0.15, -0.1) is 0 Å². The van der Waals surface area contributed by atoms with Crippen molar-refractivity contribution in [3.8, 4) is 0 Å². The molecule has 0 fully saturated rings. The molecule has 0 unspecified atom stereocenters. The van der Waals surface area contributed by atoms with Crippen molar-refractivity contribution in [3.63, 3.8) is 0 Å². The maximum atomic E-state index is 11.7. The summed E-state index contributed by atoms with van der Waals surface area (Å²) in [6.45, 7) is 2.66. The fraction of sp³-hybridized carbons (Fsp3) is 0.250. The molecule has 0 aliphatic rings. The number of hydrogen-bond acceptors (Lipinski definition) is 2. The van der Waals surface area contributed by atoms with Crippen molar-refractivity contribution in [3.05, 3.63) is 57.8 Å². The van der Waals surface area contributed by atoms with Gasteiger partial charge in [-0.05, 0) is 43.0 Å². The molecule has 1 aromatic heterocycles. The van der Waals surface area contributed by atoms with Crippen molar-refractivity contribution in [2.75, 3.05) is 6.54 Å². The lowest BCUT2D eigenvalue weighted by Gasteiger charge is -2.02. The van der Waals surface area contributed by atoms with Gasteiger partial charge in [0.05, 0.1) is 6.20 Å². The molecule has 2 N–H and O–H groups in total. The average Bonchev–Trinajstić information content (AvgIpc) is 2.88. The van der Waals surface area contributed by atoms with Crippen LogP contribution in [0.4, 0.5) is 0 Å². The highest BCUT2D eigenvalue weighted by molar-refractivity contribution is 9.10. The molecule has 0 bridgehead atoms. The van der Waals surface area contributed by atoms with Crippen LogP contribution in [0.2, 0.25) is 0 Å². The monoisotopic (exact) mass is 347 g/mol. The fourth-order valence-electron chi connectivity index (χ4n) is 1.95. The number of aryl methyl sites for hydroxylation is 2. The predicted molar refractivity (Wildman–Crippen MR) is 87.8 cm³/mol. The summed E-state index contributed by atoms with van der Waals surface area (Å²) in [5.41, 5.74) is 3.28. The van der Waals surface area contributed by atoms with Crippen molar-refractivity contribution in [1.29, 1.82) is 0 Å². The second kappa shape index (κ2) is 7.78. The van der Waals surface area contributed by atoms with Crippen molar-refractivity contribution in [1.82, 2.24) is 15.5 Å². The Morgan fingerprint density at radius 3 is 2.95 bits per heavy atom. The molecule has 0 saturated heterocycles. The number of aromatic nitrogens is 2. The van der Waals surface area contributed by atoms with Crippen LogP contribution in [0.5, 0.6) is 0 Å². The van der Waals surface area contributed by atoms with Gasteiger partial charge >= 0.3 is 0 Å². The summed E-state index contributed by atoms with van der Waals surface area (Å²) >= 11 is 3.45. The Morgan fingerprint density at radius 1 is 1.43 bits per heavy atom. The molecule has 1 heterocycles. The van der Waals surface area contributed by atoms with Gasteiger partial charge in [0.1, 0.15) is 0 Å². The van der Waals surface area contributed by atoms with E-state index in [1.165, 1.54) is 5.56 Å². The number of H-pyrrole nitrogens is 1. The third-order valence-corrected chi connectivity index (χ3v) is 3.90. The number of hydrogen-bond donors (Lipinski definition) is 2. The van der Waals surface area contributed by atoms with E-state index >= 15 is 0 Å². The Hall–Kier alpha value is -1.88. The van der Waals surface area contributed by atoms with Gasteiger partial charge in [-0.2, -0.15) is 5.10 Å². The van der Waals surface area contributed by atoms with Crippen molar-refractivity contribution in [2.24, 2.45) is 0 Å². The lowest BCUT2D eigenvalue weighted by atomic mass is 10.1. The molecule has 1 amide bonds. The van der Waals surface area contributed by atoms with E-state index < -0.39 is 0 Å². The van der Waals surface area contributed by atoms with Crippen LogP contribution in [-0.4, -0.2) is 22.6 Å². The van der Waals surface area contributed by atoms with Crippen LogP contribution in [0.25, 0.3) is 6.08 Å². The van der Waals surface area contributed by atoms with Gasteiger partial charge in [-0.25, -0.2) is 0 Å². The molecular weight excluding hydrogens is 330 g/mol. The molecule has 0 atom stereocenters. The van der Waals surface area contributed by atoms with E-state index in [1.54, 1.807) is 12.2 Å². The number of amides is 1. The molecule has 0 aliphatic carbocycles. The van der Waals surface area contributed by atoms with E-state index in [1.807, 2.05) is 37.4 Å². The molecule has 0 saturated carbocycles. The van der Waals surface area contributed by atoms with Crippen LogP contribution in [0.1, 0.15) is 23.2 Å². The van der Waals surface area contributed by atoms with Crippen LogP contribution in [0.15, 0.2) is 41.0 Å². The molecule has 110 valence electrons. The van der Waals surface area contributed by atoms with Crippen LogP contribution in [0.3, 0.4) is 0 Å². The van der Waals surface area contributed by atoms with E-state index in [-0.39, 0.29) is 5.91 Å². The maximum absolute atomic E-state index is 11.7. The molecule has 21 heavy (non-hydrogen) atoms. The standard InChI is InChI=1S/C16H18BrN3O/c1-12-14(11-19-20-12)6-4-10-18-16(21)9-8-13-5-2-3-7-15(13)17/h2-3,5,7-9,11H,4,6,10H2,1H3,(H,18,21)(H,19,20). The maximum Gasteiger partial charge on any atom is 0.243 e. The van der Waals surface area contributed by atoms with Crippen molar-refractivity contribution >= 4 is 27.9 Å². The lowest BCUT2D eigenvalue weighted by molar-refractivity contribution is -0.116. The Labute approximate surface area is 132 Å². The molecule has 5 heteroatoms.